The normalized spacial score (nSPS) is 21.4. The highest BCUT2D eigenvalue weighted by Crippen LogP contribution is 2.26. The lowest BCUT2D eigenvalue weighted by Gasteiger charge is -2.32. The van der Waals surface area contributed by atoms with Crippen LogP contribution in [0.15, 0.2) is 0 Å². The van der Waals surface area contributed by atoms with E-state index < -0.39 is 0 Å². The molecule has 0 aromatic carbocycles. The molecule has 0 radical (unpaired) electrons. The van der Waals surface area contributed by atoms with E-state index in [1.54, 1.807) is 0 Å². The molecule has 1 fully saturated rings. The van der Waals surface area contributed by atoms with Crippen molar-refractivity contribution in [1.82, 2.24) is 20.0 Å². The Balaban J connectivity index is 2.05. The minimum absolute atomic E-state index is 0.430. The van der Waals surface area contributed by atoms with Crippen LogP contribution in [0.25, 0.3) is 0 Å². The van der Waals surface area contributed by atoms with Crippen molar-refractivity contribution in [3.8, 4) is 0 Å². The van der Waals surface area contributed by atoms with Gasteiger partial charge in [-0.25, -0.2) is 0 Å². The summed E-state index contributed by atoms with van der Waals surface area (Å²) in [6, 6.07) is 1.08. The van der Waals surface area contributed by atoms with Gasteiger partial charge in [0.1, 0.15) is 0 Å². The summed E-state index contributed by atoms with van der Waals surface area (Å²) in [7, 11) is 2.24. The summed E-state index contributed by atoms with van der Waals surface area (Å²) in [6.45, 7) is 12.0. The second-order valence-corrected chi connectivity index (χ2v) is 6.16. The van der Waals surface area contributed by atoms with E-state index in [9.17, 15) is 0 Å². The maximum Gasteiger partial charge on any atom is 0.0644 e. The van der Waals surface area contributed by atoms with Crippen LogP contribution in [-0.2, 0) is 6.54 Å². The zero-order valence-electron chi connectivity index (χ0n) is 13.7. The number of hydrogen-bond acceptors (Lipinski definition) is 3. The van der Waals surface area contributed by atoms with Crippen LogP contribution in [0.4, 0.5) is 0 Å². The molecule has 4 nitrogen and oxygen atoms in total. The van der Waals surface area contributed by atoms with Gasteiger partial charge in [0.2, 0.25) is 0 Å². The standard InChI is InChI=1S/C16H30N4/c1-6-20-14(4)16(12(2)18-20)13(3)19(5)11-15-9-7-8-10-17-15/h13,15,17H,6-11H2,1-5H3. The summed E-state index contributed by atoms with van der Waals surface area (Å²) in [4.78, 5) is 2.47. The van der Waals surface area contributed by atoms with Crippen molar-refractivity contribution in [3.05, 3.63) is 17.0 Å². The van der Waals surface area contributed by atoms with Crippen molar-refractivity contribution in [3.63, 3.8) is 0 Å². The van der Waals surface area contributed by atoms with Gasteiger partial charge in [-0.3, -0.25) is 9.58 Å². The van der Waals surface area contributed by atoms with Gasteiger partial charge < -0.3 is 5.32 Å². The molecule has 4 heteroatoms. The smallest absolute Gasteiger partial charge is 0.0644 e. The molecule has 2 unspecified atom stereocenters. The second-order valence-electron chi connectivity index (χ2n) is 6.16. The van der Waals surface area contributed by atoms with Gasteiger partial charge in [0.05, 0.1) is 5.69 Å². The topological polar surface area (TPSA) is 33.1 Å². The van der Waals surface area contributed by atoms with Crippen LogP contribution >= 0.6 is 0 Å². The lowest BCUT2D eigenvalue weighted by Crippen LogP contribution is -2.43. The number of piperidine rings is 1. The van der Waals surface area contributed by atoms with Crippen LogP contribution in [-0.4, -0.2) is 40.9 Å². The van der Waals surface area contributed by atoms with Crippen LogP contribution in [0.3, 0.4) is 0 Å². The summed E-state index contributed by atoms with van der Waals surface area (Å²) < 4.78 is 2.12. The quantitative estimate of drug-likeness (QED) is 0.899. The minimum Gasteiger partial charge on any atom is -0.313 e. The van der Waals surface area contributed by atoms with Gasteiger partial charge in [-0.15, -0.1) is 0 Å². The SMILES string of the molecule is CCn1nc(C)c(C(C)N(C)CC2CCCCN2)c1C. The van der Waals surface area contributed by atoms with Gasteiger partial charge in [0, 0.05) is 36.4 Å². The third-order valence-corrected chi connectivity index (χ3v) is 4.74. The molecule has 1 aromatic heterocycles. The lowest BCUT2D eigenvalue weighted by atomic mass is 10.0. The van der Waals surface area contributed by atoms with Gasteiger partial charge in [-0.1, -0.05) is 6.42 Å². The van der Waals surface area contributed by atoms with E-state index >= 15 is 0 Å². The molecule has 0 saturated carbocycles. The van der Waals surface area contributed by atoms with Gasteiger partial charge in [-0.2, -0.15) is 5.10 Å². The van der Waals surface area contributed by atoms with Crippen LogP contribution in [0.1, 0.15) is 56.1 Å². The Kier molecular flexibility index (Phi) is 5.22. The second kappa shape index (κ2) is 6.72. The van der Waals surface area contributed by atoms with Crippen molar-refractivity contribution < 1.29 is 0 Å². The molecule has 0 bridgehead atoms. The summed E-state index contributed by atoms with van der Waals surface area (Å²) >= 11 is 0. The molecule has 1 N–H and O–H groups in total. The van der Waals surface area contributed by atoms with E-state index in [2.05, 4.69) is 54.7 Å². The largest absolute Gasteiger partial charge is 0.313 e. The number of nitrogens with zero attached hydrogens (tertiary/aromatic N) is 3. The summed E-state index contributed by atoms with van der Waals surface area (Å²) in [6.07, 6.45) is 4.01. The molecule has 20 heavy (non-hydrogen) atoms. The van der Waals surface area contributed by atoms with E-state index in [0.29, 0.717) is 12.1 Å². The fourth-order valence-corrected chi connectivity index (χ4v) is 3.43. The van der Waals surface area contributed by atoms with Crippen molar-refractivity contribution in [1.29, 1.82) is 0 Å². The van der Waals surface area contributed by atoms with E-state index in [-0.39, 0.29) is 0 Å². The van der Waals surface area contributed by atoms with Crippen molar-refractivity contribution in [2.75, 3.05) is 20.1 Å². The predicted octanol–water partition coefficient (Wildman–Crippen LogP) is 2.65. The molecule has 0 amide bonds. The van der Waals surface area contributed by atoms with Crippen molar-refractivity contribution in [2.45, 2.75) is 65.6 Å². The Morgan fingerprint density at radius 3 is 2.70 bits per heavy atom. The van der Waals surface area contributed by atoms with Gasteiger partial charge in [-0.05, 0) is 54.1 Å². The average molecular weight is 278 g/mol. The minimum atomic E-state index is 0.430. The van der Waals surface area contributed by atoms with E-state index in [1.165, 1.54) is 42.8 Å². The van der Waals surface area contributed by atoms with Crippen LogP contribution in [0, 0.1) is 13.8 Å². The molecule has 2 atom stereocenters. The molecule has 0 aliphatic carbocycles. The summed E-state index contributed by atoms with van der Waals surface area (Å²) in [5.74, 6) is 0. The Bertz CT molecular complexity index is 432. The first kappa shape index (κ1) is 15.5. The fourth-order valence-electron chi connectivity index (χ4n) is 3.43. The first-order valence-electron chi connectivity index (χ1n) is 8.02. The highest BCUT2D eigenvalue weighted by Gasteiger charge is 2.23. The van der Waals surface area contributed by atoms with E-state index in [1.807, 2.05) is 0 Å². The molecule has 1 saturated heterocycles. The maximum absolute atomic E-state index is 4.65. The molecule has 1 aromatic rings. The fraction of sp³-hybridized carbons (Fsp3) is 0.812. The Morgan fingerprint density at radius 1 is 1.40 bits per heavy atom. The number of hydrogen-bond donors (Lipinski definition) is 1. The molecule has 2 heterocycles. The Labute approximate surface area is 123 Å². The third kappa shape index (κ3) is 3.23. The van der Waals surface area contributed by atoms with Crippen molar-refractivity contribution in [2.24, 2.45) is 0 Å². The first-order valence-corrected chi connectivity index (χ1v) is 8.02. The zero-order chi connectivity index (χ0) is 14.7. The average Bonchev–Trinajstić information content (AvgIpc) is 2.73. The third-order valence-electron chi connectivity index (χ3n) is 4.74. The van der Waals surface area contributed by atoms with Crippen LogP contribution < -0.4 is 5.32 Å². The first-order chi connectivity index (χ1) is 9.54. The van der Waals surface area contributed by atoms with Gasteiger partial charge in [0.15, 0.2) is 0 Å². The zero-order valence-corrected chi connectivity index (χ0v) is 13.7. The molecule has 0 spiro atoms. The van der Waals surface area contributed by atoms with Crippen LogP contribution in [0.2, 0.25) is 0 Å². The van der Waals surface area contributed by atoms with Crippen LogP contribution in [0.5, 0.6) is 0 Å². The molecular weight excluding hydrogens is 248 g/mol. The molecule has 1 aliphatic heterocycles. The number of rotatable bonds is 5. The highest BCUT2D eigenvalue weighted by molar-refractivity contribution is 5.27. The Morgan fingerprint density at radius 2 is 2.15 bits per heavy atom. The monoisotopic (exact) mass is 278 g/mol. The summed E-state index contributed by atoms with van der Waals surface area (Å²) in [5, 5.41) is 8.29. The highest BCUT2D eigenvalue weighted by atomic mass is 15.3. The Hall–Kier alpha value is -0.870. The molecular formula is C16H30N4. The lowest BCUT2D eigenvalue weighted by molar-refractivity contribution is 0.213. The molecule has 1 aliphatic rings. The maximum atomic E-state index is 4.65. The van der Waals surface area contributed by atoms with E-state index in [0.717, 1.165) is 13.1 Å². The van der Waals surface area contributed by atoms with E-state index in [4.69, 9.17) is 0 Å². The van der Waals surface area contributed by atoms with Gasteiger partial charge >= 0.3 is 0 Å². The molecule has 2 rings (SSSR count). The predicted molar refractivity (Wildman–Crippen MR) is 84.1 cm³/mol. The van der Waals surface area contributed by atoms with Crippen molar-refractivity contribution >= 4 is 0 Å². The number of likely N-dealkylation sites (N-methyl/N-ethyl adjacent to an activating group) is 1. The summed E-state index contributed by atoms with van der Waals surface area (Å²) in [5.41, 5.74) is 3.91. The number of aromatic nitrogens is 2. The number of aryl methyl sites for hydroxylation is 2. The molecule has 114 valence electrons. The van der Waals surface area contributed by atoms with Gasteiger partial charge in [0.25, 0.3) is 0 Å². The number of nitrogens with one attached hydrogen (secondary N) is 1.